The van der Waals surface area contributed by atoms with Crippen LogP contribution in [0.3, 0.4) is 0 Å². The average molecular weight is 435 g/mol. The third-order valence-corrected chi connectivity index (χ3v) is 5.71. The molecular weight excluding hydrogens is 404 g/mol. The van der Waals surface area contributed by atoms with Gasteiger partial charge in [0.2, 0.25) is 5.91 Å². The summed E-state index contributed by atoms with van der Waals surface area (Å²) in [6.45, 7) is 7.45. The molecule has 0 aliphatic carbocycles. The molecule has 1 N–H and O–H groups in total. The predicted molar refractivity (Wildman–Crippen MR) is 124 cm³/mol. The molecule has 0 saturated carbocycles. The highest BCUT2D eigenvalue weighted by Crippen LogP contribution is 2.27. The maximum absolute atomic E-state index is 12.8. The molecule has 6 nitrogen and oxygen atoms in total. The smallest absolute Gasteiger partial charge is 0.217 e. The number of ketones is 1. The van der Waals surface area contributed by atoms with E-state index in [0.29, 0.717) is 35.8 Å². The van der Waals surface area contributed by atoms with E-state index in [0.717, 1.165) is 17.7 Å². The van der Waals surface area contributed by atoms with Crippen LogP contribution < -0.4 is 10.1 Å². The van der Waals surface area contributed by atoms with Crippen molar-refractivity contribution >= 4 is 11.7 Å². The quantitative estimate of drug-likeness (QED) is 0.398. The van der Waals surface area contributed by atoms with Crippen LogP contribution in [0.15, 0.2) is 59.2 Å². The molecule has 1 aromatic heterocycles. The number of nitrogens with one attached hydrogen (secondary N) is 1. The number of hydrogen-bond donors (Lipinski definition) is 1. The fourth-order valence-electron chi connectivity index (χ4n) is 3.65. The summed E-state index contributed by atoms with van der Waals surface area (Å²) in [6.07, 6.45) is 4.07. The molecule has 1 heterocycles. The van der Waals surface area contributed by atoms with E-state index in [9.17, 15) is 9.59 Å². The minimum atomic E-state index is -0.512. The molecule has 0 aliphatic heterocycles. The number of benzene rings is 2. The lowest BCUT2D eigenvalue weighted by atomic mass is 9.85. The van der Waals surface area contributed by atoms with E-state index in [2.05, 4.69) is 10.3 Å². The molecule has 0 saturated heterocycles. The van der Waals surface area contributed by atoms with Crippen LogP contribution >= 0.6 is 0 Å². The largest absolute Gasteiger partial charge is 0.457 e. The number of ether oxygens (including phenoxy) is 1. The van der Waals surface area contributed by atoms with E-state index in [1.165, 1.54) is 6.92 Å². The van der Waals surface area contributed by atoms with Gasteiger partial charge in [0.15, 0.2) is 11.7 Å². The Morgan fingerprint density at radius 1 is 0.969 bits per heavy atom. The van der Waals surface area contributed by atoms with Gasteiger partial charge in [0.25, 0.3) is 0 Å². The van der Waals surface area contributed by atoms with Crippen molar-refractivity contribution in [1.82, 2.24) is 10.3 Å². The maximum atomic E-state index is 12.8. The second-order valence-corrected chi connectivity index (χ2v) is 7.90. The van der Waals surface area contributed by atoms with E-state index in [4.69, 9.17) is 9.15 Å². The van der Waals surface area contributed by atoms with Gasteiger partial charge in [0, 0.05) is 36.4 Å². The monoisotopic (exact) mass is 434 g/mol. The Morgan fingerprint density at radius 3 is 2.06 bits per heavy atom. The summed E-state index contributed by atoms with van der Waals surface area (Å²) in [5.74, 6) is 1.92. The topological polar surface area (TPSA) is 81.4 Å². The van der Waals surface area contributed by atoms with Crippen molar-refractivity contribution in [3.8, 4) is 22.8 Å². The summed E-state index contributed by atoms with van der Waals surface area (Å²) in [5.41, 5.74) is 1.84. The van der Waals surface area contributed by atoms with Crippen molar-refractivity contribution in [2.75, 3.05) is 0 Å². The van der Waals surface area contributed by atoms with Crippen LogP contribution in [0.5, 0.6) is 11.5 Å². The number of amides is 1. The summed E-state index contributed by atoms with van der Waals surface area (Å²) in [5, 5.41) is 2.96. The summed E-state index contributed by atoms with van der Waals surface area (Å²) >= 11 is 0. The lowest BCUT2D eigenvalue weighted by molar-refractivity contribution is -0.120. The molecule has 2 aromatic carbocycles. The number of hydrogen-bond acceptors (Lipinski definition) is 5. The number of aromatic nitrogens is 1. The van der Waals surface area contributed by atoms with Crippen LogP contribution in [-0.4, -0.2) is 22.2 Å². The van der Waals surface area contributed by atoms with E-state index >= 15 is 0 Å². The second kappa shape index (κ2) is 10.3. The second-order valence-electron chi connectivity index (χ2n) is 7.90. The molecule has 3 aromatic rings. The number of nitrogens with zero attached hydrogens (tertiary/aromatic N) is 1. The Balaban J connectivity index is 1.65. The first kappa shape index (κ1) is 23.3. The number of oxazole rings is 1. The molecule has 0 radical (unpaired) electrons. The predicted octanol–water partition coefficient (Wildman–Crippen LogP) is 5.96. The molecule has 168 valence electrons. The van der Waals surface area contributed by atoms with Gasteiger partial charge < -0.3 is 14.5 Å². The molecule has 6 heteroatoms. The summed E-state index contributed by atoms with van der Waals surface area (Å²) in [7, 11) is 0. The fourth-order valence-corrected chi connectivity index (χ4v) is 3.65. The van der Waals surface area contributed by atoms with Crippen LogP contribution in [-0.2, 0) is 11.2 Å². The molecule has 0 unspecified atom stereocenters. The van der Waals surface area contributed by atoms with Gasteiger partial charge in [-0.25, -0.2) is 4.98 Å². The number of rotatable bonds is 10. The lowest BCUT2D eigenvalue weighted by Gasteiger charge is -2.32. The van der Waals surface area contributed by atoms with Crippen LogP contribution in [0, 0.1) is 0 Å². The van der Waals surface area contributed by atoms with Crippen molar-refractivity contribution in [2.45, 2.75) is 58.9 Å². The van der Waals surface area contributed by atoms with Gasteiger partial charge in [-0.05, 0) is 61.4 Å². The number of aryl methyl sites for hydroxylation is 1. The molecule has 0 aliphatic rings. The molecule has 1 amide bonds. The summed E-state index contributed by atoms with van der Waals surface area (Å²) in [4.78, 5) is 28.8. The maximum Gasteiger partial charge on any atom is 0.217 e. The SMILES string of the molecule is CCc1nc(-c2ccc(Oc3ccc(C(=O)CC(CC)(CC)NC(C)=O)cc3)cc2)co1. The van der Waals surface area contributed by atoms with Crippen LogP contribution in [0.2, 0.25) is 0 Å². The zero-order valence-corrected chi connectivity index (χ0v) is 19.1. The minimum Gasteiger partial charge on any atom is -0.457 e. The van der Waals surface area contributed by atoms with Gasteiger partial charge in [0.1, 0.15) is 23.5 Å². The first-order valence-corrected chi connectivity index (χ1v) is 11.0. The van der Waals surface area contributed by atoms with E-state index < -0.39 is 5.54 Å². The molecule has 0 bridgehead atoms. The Hall–Kier alpha value is -3.41. The Kier molecular flexibility index (Phi) is 7.46. The zero-order valence-electron chi connectivity index (χ0n) is 19.1. The van der Waals surface area contributed by atoms with E-state index in [1.807, 2.05) is 45.0 Å². The fraction of sp³-hybridized carbons (Fsp3) is 0.346. The number of Topliss-reactive ketones (excluding diaryl/α,β-unsaturated/α-hetero) is 1. The molecular formula is C26H30N2O4. The van der Waals surface area contributed by atoms with Crippen molar-refractivity contribution in [1.29, 1.82) is 0 Å². The summed E-state index contributed by atoms with van der Waals surface area (Å²) in [6, 6.07) is 14.7. The normalized spacial score (nSPS) is 11.2. The molecule has 0 fully saturated rings. The van der Waals surface area contributed by atoms with Gasteiger partial charge in [-0.2, -0.15) is 0 Å². The van der Waals surface area contributed by atoms with Gasteiger partial charge >= 0.3 is 0 Å². The van der Waals surface area contributed by atoms with Gasteiger partial charge in [-0.1, -0.05) is 20.8 Å². The van der Waals surface area contributed by atoms with Gasteiger partial charge in [-0.15, -0.1) is 0 Å². The molecule has 32 heavy (non-hydrogen) atoms. The van der Waals surface area contributed by atoms with Crippen molar-refractivity contribution in [3.63, 3.8) is 0 Å². The van der Waals surface area contributed by atoms with Gasteiger partial charge in [0.05, 0.1) is 0 Å². The van der Waals surface area contributed by atoms with Crippen molar-refractivity contribution in [2.24, 2.45) is 0 Å². The highest BCUT2D eigenvalue weighted by molar-refractivity contribution is 5.97. The first-order chi connectivity index (χ1) is 15.4. The standard InChI is InChI=1S/C26H30N2O4/c1-5-25-27-23(17-31-25)19-8-12-21(13-9-19)32-22-14-10-20(11-15-22)24(30)16-26(6-2,7-3)28-18(4)29/h8-15,17H,5-7,16H2,1-4H3,(H,28,29). The van der Waals surface area contributed by atoms with Crippen molar-refractivity contribution in [3.05, 3.63) is 66.2 Å². The third kappa shape index (κ3) is 5.63. The highest BCUT2D eigenvalue weighted by Gasteiger charge is 2.30. The van der Waals surface area contributed by atoms with Crippen LogP contribution in [0.4, 0.5) is 0 Å². The minimum absolute atomic E-state index is 0.00239. The zero-order chi connectivity index (χ0) is 23.1. The van der Waals surface area contributed by atoms with Crippen molar-refractivity contribution < 1.29 is 18.7 Å². The van der Waals surface area contributed by atoms with E-state index in [1.54, 1.807) is 30.5 Å². The Bertz CT molecular complexity index is 1050. The number of carbonyl (C=O) groups is 2. The third-order valence-electron chi connectivity index (χ3n) is 5.71. The number of carbonyl (C=O) groups excluding carboxylic acids is 2. The Labute approximate surface area is 189 Å². The first-order valence-electron chi connectivity index (χ1n) is 11.0. The average Bonchev–Trinajstić information content (AvgIpc) is 3.28. The van der Waals surface area contributed by atoms with E-state index in [-0.39, 0.29) is 18.1 Å². The lowest BCUT2D eigenvalue weighted by Crippen LogP contribution is -2.48. The summed E-state index contributed by atoms with van der Waals surface area (Å²) < 4.78 is 11.3. The molecule has 0 spiro atoms. The Morgan fingerprint density at radius 2 is 1.56 bits per heavy atom. The van der Waals surface area contributed by atoms with Gasteiger partial charge in [-0.3, -0.25) is 9.59 Å². The molecule has 0 atom stereocenters. The van der Waals surface area contributed by atoms with Crippen LogP contribution in [0.1, 0.15) is 63.2 Å². The van der Waals surface area contributed by atoms with Crippen LogP contribution in [0.25, 0.3) is 11.3 Å². The highest BCUT2D eigenvalue weighted by atomic mass is 16.5. The molecule has 3 rings (SSSR count).